The van der Waals surface area contributed by atoms with Crippen molar-refractivity contribution in [1.29, 1.82) is 0 Å². The second-order valence-electron chi connectivity index (χ2n) is 5.23. The topological polar surface area (TPSA) is 59.1 Å². The summed E-state index contributed by atoms with van der Waals surface area (Å²) >= 11 is 1.76. The maximum atomic E-state index is 9.52. The standard InChI is InChI=1S/C12H18N2OS/c13-12(5-3-9(15)4-6-12)10-7-16-11(14-10)8-1-2-8/h7-9,15H,1-6,13H2. The van der Waals surface area contributed by atoms with E-state index in [1.54, 1.807) is 11.3 Å². The summed E-state index contributed by atoms with van der Waals surface area (Å²) < 4.78 is 0. The van der Waals surface area contributed by atoms with E-state index >= 15 is 0 Å². The summed E-state index contributed by atoms with van der Waals surface area (Å²) in [5, 5.41) is 12.9. The van der Waals surface area contributed by atoms with Crippen molar-refractivity contribution in [2.45, 2.75) is 56.1 Å². The number of aliphatic hydroxyl groups is 1. The molecule has 0 saturated heterocycles. The molecule has 0 radical (unpaired) electrons. The molecule has 0 amide bonds. The molecule has 0 unspecified atom stereocenters. The maximum absolute atomic E-state index is 9.52. The molecule has 3 nitrogen and oxygen atoms in total. The highest BCUT2D eigenvalue weighted by atomic mass is 32.1. The average molecular weight is 238 g/mol. The Morgan fingerprint density at radius 3 is 2.62 bits per heavy atom. The second kappa shape index (κ2) is 3.79. The van der Waals surface area contributed by atoms with Gasteiger partial charge in [0.2, 0.25) is 0 Å². The van der Waals surface area contributed by atoms with Gasteiger partial charge in [-0.1, -0.05) is 0 Å². The zero-order valence-electron chi connectivity index (χ0n) is 9.35. The Hall–Kier alpha value is -0.450. The first kappa shape index (κ1) is 10.7. The number of rotatable bonds is 2. The molecule has 2 saturated carbocycles. The lowest BCUT2D eigenvalue weighted by Gasteiger charge is -2.34. The third-order valence-corrected chi connectivity index (χ3v) is 4.81. The van der Waals surface area contributed by atoms with E-state index in [1.807, 2.05) is 0 Å². The molecule has 0 spiro atoms. The lowest BCUT2D eigenvalue weighted by Crippen LogP contribution is -2.41. The Morgan fingerprint density at radius 2 is 2.00 bits per heavy atom. The van der Waals surface area contributed by atoms with Crippen molar-refractivity contribution in [3.05, 3.63) is 16.1 Å². The van der Waals surface area contributed by atoms with Crippen LogP contribution in [0.15, 0.2) is 5.38 Å². The normalized spacial score (nSPS) is 35.2. The molecular formula is C12H18N2OS. The van der Waals surface area contributed by atoms with E-state index in [-0.39, 0.29) is 11.6 Å². The number of hydrogen-bond donors (Lipinski definition) is 2. The zero-order valence-corrected chi connectivity index (χ0v) is 10.2. The van der Waals surface area contributed by atoms with Crippen LogP contribution in [0.5, 0.6) is 0 Å². The number of aliphatic hydroxyl groups excluding tert-OH is 1. The fraction of sp³-hybridized carbons (Fsp3) is 0.750. The van der Waals surface area contributed by atoms with Gasteiger partial charge in [-0.25, -0.2) is 4.98 Å². The van der Waals surface area contributed by atoms with Gasteiger partial charge in [-0.05, 0) is 38.5 Å². The predicted octanol–water partition coefficient (Wildman–Crippen LogP) is 2.11. The number of hydrogen-bond acceptors (Lipinski definition) is 4. The largest absolute Gasteiger partial charge is 0.393 e. The summed E-state index contributed by atoms with van der Waals surface area (Å²) in [5.74, 6) is 0.719. The maximum Gasteiger partial charge on any atom is 0.0960 e. The van der Waals surface area contributed by atoms with Crippen LogP contribution in [0.25, 0.3) is 0 Å². The van der Waals surface area contributed by atoms with Crippen LogP contribution in [-0.4, -0.2) is 16.2 Å². The first-order valence-electron chi connectivity index (χ1n) is 6.10. The SMILES string of the molecule is NC1(c2csc(C3CC3)n2)CCC(O)CC1. The van der Waals surface area contributed by atoms with E-state index in [4.69, 9.17) is 10.7 Å². The molecule has 88 valence electrons. The predicted molar refractivity (Wildman–Crippen MR) is 64.4 cm³/mol. The molecule has 1 aromatic heterocycles. The van der Waals surface area contributed by atoms with Crippen LogP contribution in [0.3, 0.4) is 0 Å². The van der Waals surface area contributed by atoms with Crippen LogP contribution >= 0.6 is 11.3 Å². The molecule has 0 bridgehead atoms. The molecule has 2 fully saturated rings. The highest BCUT2D eigenvalue weighted by Crippen LogP contribution is 2.43. The Morgan fingerprint density at radius 1 is 1.31 bits per heavy atom. The third-order valence-electron chi connectivity index (χ3n) is 3.81. The van der Waals surface area contributed by atoms with Crippen molar-refractivity contribution >= 4 is 11.3 Å². The molecule has 0 atom stereocenters. The summed E-state index contributed by atoms with van der Waals surface area (Å²) in [6.07, 6.45) is 5.79. The van der Waals surface area contributed by atoms with E-state index in [2.05, 4.69) is 5.38 Å². The van der Waals surface area contributed by atoms with E-state index in [9.17, 15) is 5.11 Å². The van der Waals surface area contributed by atoms with Gasteiger partial charge in [0, 0.05) is 11.3 Å². The number of thiazole rings is 1. The van der Waals surface area contributed by atoms with Gasteiger partial charge in [0.25, 0.3) is 0 Å². The summed E-state index contributed by atoms with van der Waals surface area (Å²) in [7, 11) is 0. The molecule has 3 rings (SSSR count). The van der Waals surface area contributed by atoms with Crippen LogP contribution in [-0.2, 0) is 5.54 Å². The van der Waals surface area contributed by atoms with Crippen LogP contribution in [0.4, 0.5) is 0 Å². The smallest absolute Gasteiger partial charge is 0.0960 e. The molecule has 0 aromatic carbocycles. The molecular weight excluding hydrogens is 220 g/mol. The average Bonchev–Trinajstić information content (AvgIpc) is 3.01. The summed E-state index contributed by atoms with van der Waals surface area (Å²) in [4.78, 5) is 4.70. The molecule has 2 aliphatic carbocycles. The van der Waals surface area contributed by atoms with Gasteiger partial charge in [-0.15, -0.1) is 11.3 Å². The van der Waals surface area contributed by atoms with Gasteiger partial charge in [-0.3, -0.25) is 0 Å². The number of nitrogens with two attached hydrogens (primary N) is 1. The van der Waals surface area contributed by atoms with E-state index in [0.717, 1.165) is 37.3 Å². The lowest BCUT2D eigenvalue weighted by atomic mass is 9.79. The zero-order chi connectivity index (χ0) is 11.2. The van der Waals surface area contributed by atoms with Crippen molar-refractivity contribution < 1.29 is 5.11 Å². The molecule has 0 aliphatic heterocycles. The quantitative estimate of drug-likeness (QED) is 0.829. The fourth-order valence-electron chi connectivity index (χ4n) is 2.41. The summed E-state index contributed by atoms with van der Waals surface area (Å²) in [6, 6.07) is 0. The molecule has 1 aromatic rings. The Kier molecular flexibility index (Phi) is 2.53. The van der Waals surface area contributed by atoms with Gasteiger partial charge in [-0.2, -0.15) is 0 Å². The lowest BCUT2D eigenvalue weighted by molar-refractivity contribution is 0.0958. The van der Waals surface area contributed by atoms with Crippen LogP contribution in [0.1, 0.15) is 55.1 Å². The Labute approximate surface area is 99.7 Å². The van der Waals surface area contributed by atoms with Crippen LogP contribution in [0, 0.1) is 0 Å². The van der Waals surface area contributed by atoms with Crippen molar-refractivity contribution in [2.24, 2.45) is 5.73 Å². The molecule has 1 heterocycles. The van der Waals surface area contributed by atoms with Gasteiger partial charge in [0.1, 0.15) is 0 Å². The van der Waals surface area contributed by atoms with E-state index in [0.29, 0.717) is 0 Å². The van der Waals surface area contributed by atoms with Crippen molar-refractivity contribution in [2.75, 3.05) is 0 Å². The van der Waals surface area contributed by atoms with Gasteiger partial charge >= 0.3 is 0 Å². The van der Waals surface area contributed by atoms with E-state index < -0.39 is 0 Å². The van der Waals surface area contributed by atoms with Crippen LogP contribution < -0.4 is 5.73 Å². The van der Waals surface area contributed by atoms with E-state index in [1.165, 1.54) is 17.8 Å². The molecule has 3 N–H and O–H groups in total. The Bertz CT molecular complexity index is 378. The monoisotopic (exact) mass is 238 g/mol. The Balaban J connectivity index is 1.78. The van der Waals surface area contributed by atoms with Gasteiger partial charge < -0.3 is 10.8 Å². The minimum Gasteiger partial charge on any atom is -0.393 e. The van der Waals surface area contributed by atoms with Crippen molar-refractivity contribution in [3.63, 3.8) is 0 Å². The van der Waals surface area contributed by atoms with Gasteiger partial charge in [0.05, 0.1) is 22.3 Å². The van der Waals surface area contributed by atoms with Gasteiger partial charge in [0.15, 0.2) is 0 Å². The number of nitrogens with zero attached hydrogens (tertiary/aromatic N) is 1. The number of aromatic nitrogens is 1. The highest BCUT2D eigenvalue weighted by molar-refractivity contribution is 7.09. The summed E-state index contributed by atoms with van der Waals surface area (Å²) in [5.41, 5.74) is 7.20. The van der Waals surface area contributed by atoms with Crippen LogP contribution in [0.2, 0.25) is 0 Å². The fourth-order valence-corrected chi connectivity index (χ4v) is 3.51. The summed E-state index contributed by atoms with van der Waals surface area (Å²) in [6.45, 7) is 0. The minimum atomic E-state index is -0.275. The molecule has 2 aliphatic rings. The highest BCUT2D eigenvalue weighted by Gasteiger charge is 2.36. The van der Waals surface area contributed by atoms with Crippen molar-refractivity contribution in [1.82, 2.24) is 4.98 Å². The van der Waals surface area contributed by atoms with Crippen molar-refractivity contribution in [3.8, 4) is 0 Å². The molecule has 4 heteroatoms. The minimum absolute atomic E-state index is 0.154. The first-order valence-corrected chi connectivity index (χ1v) is 6.98. The third kappa shape index (κ3) is 1.90. The second-order valence-corrected chi connectivity index (χ2v) is 6.12. The first-order chi connectivity index (χ1) is 7.67. The molecule has 16 heavy (non-hydrogen) atoms.